The predicted octanol–water partition coefficient (Wildman–Crippen LogP) is 2.32. The van der Waals surface area contributed by atoms with Crippen molar-refractivity contribution in [3.8, 4) is 5.75 Å². The van der Waals surface area contributed by atoms with Crippen molar-refractivity contribution >= 4 is 17.5 Å². The van der Waals surface area contributed by atoms with Crippen molar-refractivity contribution in [1.29, 1.82) is 0 Å². The van der Waals surface area contributed by atoms with Gasteiger partial charge in [-0.3, -0.25) is 9.59 Å². The Balaban J connectivity index is 1.76. The maximum Gasteiger partial charge on any atom is 0.251 e. The molecule has 3 rings (SSSR count). The quantitative estimate of drug-likeness (QED) is 0.853. The molecule has 0 fully saturated rings. The highest BCUT2D eigenvalue weighted by molar-refractivity contribution is 6.29. The molecule has 1 aromatic heterocycles. The van der Waals surface area contributed by atoms with Crippen molar-refractivity contribution < 1.29 is 9.53 Å². The summed E-state index contributed by atoms with van der Waals surface area (Å²) in [5.41, 5.74) is 0.923. The van der Waals surface area contributed by atoms with Crippen molar-refractivity contribution in [1.82, 2.24) is 10.3 Å². The van der Waals surface area contributed by atoms with Crippen LogP contribution < -0.4 is 15.6 Å². The lowest BCUT2D eigenvalue weighted by atomic mass is 9.94. The lowest BCUT2D eigenvalue weighted by molar-refractivity contribution is 0.0932. The van der Waals surface area contributed by atoms with Crippen molar-refractivity contribution in [3.63, 3.8) is 0 Å². The molecule has 1 amide bonds. The normalized spacial score (nSPS) is 17.5. The Labute approximate surface area is 132 Å². The maximum atomic E-state index is 12.3. The summed E-state index contributed by atoms with van der Waals surface area (Å²) < 4.78 is 5.63. The summed E-state index contributed by atoms with van der Waals surface area (Å²) in [5, 5.41) is 3.04. The van der Waals surface area contributed by atoms with Crippen LogP contribution in [0.15, 0.2) is 41.2 Å². The zero-order chi connectivity index (χ0) is 15.7. The number of ether oxygens (including phenoxy) is 1. The Morgan fingerprint density at radius 3 is 2.95 bits per heavy atom. The third kappa shape index (κ3) is 2.85. The first-order valence-electron chi connectivity index (χ1n) is 6.97. The lowest BCUT2D eigenvalue weighted by Gasteiger charge is -2.20. The number of carbonyl (C=O) groups is 1. The minimum absolute atomic E-state index is 0.0811. The van der Waals surface area contributed by atoms with E-state index < -0.39 is 5.56 Å². The summed E-state index contributed by atoms with van der Waals surface area (Å²) in [4.78, 5) is 26.0. The number of H-pyrrole nitrogens is 1. The van der Waals surface area contributed by atoms with Gasteiger partial charge in [-0.25, -0.2) is 0 Å². The fourth-order valence-corrected chi connectivity index (χ4v) is 2.84. The third-order valence-corrected chi connectivity index (χ3v) is 3.98. The number of amides is 1. The van der Waals surface area contributed by atoms with Crippen molar-refractivity contribution in [2.24, 2.45) is 0 Å². The van der Waals surface area contributed by atoms with Gasteiger partial charge in [0.15, 0.2) is 0 Å². The standard InChI is InChI=1S/C16H15ClN2O3/c1-9(12-8-22-13-5-3-2-4-11(12)13)18-16(21)10-6-14(17)19-15(20)7-10/h2-7,9,12H,8H2,1H3,(H,18,21)(H,19,20)/t9-,12+/m1/s1. The molecule has 2 atom stereocenters. The van der Waals surface area contributed by atoms with Crippen LogP contribution in [0.25, 0.3) is 0 Å². The highest BCUT2D eigenvalue weighted by Gasteiger charge is 2.29. The molecule has 0 saturated carbocycles. The molecule has 0 unspecified atom stereocenters. The third-order valence-electron chi connectivity index (χ3n) is 3.77. The fraction of sp³-hybridized carbons (Fsp3) is 0.250. The number of hydrogen-bond acceptors (Lipinski definition) is 3. The molecule has 114 valence electrons. The molecule has 0 bridgehead atoms. The number of fused-ring (bicyclic) bond motifs is 1. The molecule has 0 saturated heterocycles. The molecule has 6 heteroatoms. The minimum atomic E-state index is -0.403. The molecular weight excluding hydrogens is 304 g/mol. The average molecular weight is 319 g/mol. The Morgan fingerprint density at radius 1 is 1.41 bits per heavy atom. The van der Waals surface area contributed by atoms with Crippen molar-refractivity contribution in [3.05, 3.63) is 63.0 Å². The van der Waals surface area contributed by atoms with E-state index in [9.17, 15) is 9.59 Å². The smallest absolute Gasteiger partial charge is 0.251 e. The number of para-hydroxylation sites is 1. The summed E-state index contributed by atoms with van der Waals surface area (Å²) in [5.74, 6) is 0.607. The molecular formula is C16H15ClN2O3. The first-order valence-corrected chi connectivity index (χ1v) is 7.35. The van der Waals surface area contributed by atoms with Crippen LogP contribution in [0.4, 0.5) is 0 Å². The Kier molecular flexibility index (Phi) is 3.90. The minimum Gasteiger partial charge on any atom is -0.493 e. The van der Waals surface area contributed by atoms with Gasteiger partial charge in [-0.1, -0.05) is 29.8 Å². The molecule has 0 spiro atoms. The summed E-state index contributed by atoms with van der Waals surface area (Å²) >= 11 is 5.77. The number of rotatable bonds is 3. The van der Waals surface area contributed by atoms with E-state index in [1.807, 2.05) is 31.2 Å². The zero-order valence-electron chi connectivity index (χ0n) is 11.9. The van der Waals surface area contributed by atoms with Gasteiger partial charge in [0, 0.05) is 29.2 Å². The van der Waals surface area contributed by atoms with Gasteiger partial charge in [-0.05, 0) is 19.1 Å². The second-order valence-electron chi connectivity index (χ2n) is 5.30. The van der Waals surface area contributed by atoms with E-state index in [0.29, 0.717) is 6.61 Å². The monoisotopic (exact) mass is 318 g/mol. The molecule has 1 aromatic carbocycles. The van der Waals surface area contributed by atoms with E-state index in [2.05, 4.69) is 10.3 Å². The summed E-state index contributed by atoms with van der Waals surface area (Å²) in [6.45, 7) is 2.44. The first kappa shape index (κ1) is 14.7. The van der Waals surface area contributed by atoms with Crippen LogP contribution in [0.3, 0.4) is 0 Å². The average Bonchev–Trinajstić information content (AvgIpc) is 2.90. The van der Waals surface area contributed by atoms with E-state index >= 15 is 0 Å². The van der Waals surface area contributed by atoms with Crippen LogP contribution in [0.1, 0.15) is 28.8 Å². The van der Waals surface area contributed by atoms with Crippen LogP contribution in [0.5, 0.6) is 5.75 Å². The Hall–Kier alpha value is -2.27. The van der Waals surface area contributed by atoms with Gasteiger partial charge in [0.25, 0.3) is 5.91 Å². The summed E-state index contributed by atoms with van der Waals surface area (Å²) in [6, 6.07) is 10.3. The Bertz CT molecular complexity index is 772. The number of carbonyl (C=O) groups excluding carboxylic acids is 1. The van der Waals surface area contributed by atoms with E-state index in [1.165, 1.54) is 12.1 Å². The van der Waals surface area contributed by atoms with E-state index in [-0.39, 0.29) is 28.6 Å². The van der Waals surface area contributed by atoms with E-state index in [4.69, 9.17) is 16.3 Å². The molecule has 1 aliphatic rings. The molecule has 2 N–H and O–H groups in total. The van der Waals surface area contributed by atoms with Gasteiger partial charge >= 0.3 is 0 Å². The van der Waals surface area contributed by atoms with Gasteiger partial charge in [0.1, 0.15) is 10.9 Å². The summed E-state index contributed by atoms with van der Waals surface area (Å²) in [7, 11) is 0. The largest absolute Gasteiger partial charge is 0.493 e. The zero-order valence-corrected chi connectivity index (χ0v) is 12.7. The van der Waals surface area contributed by atoms with Crippen LogP contribution in [-0.4, -0.2) is 23.5 Å². The first-order chi connectivity index (χ1) is 10.5. The van der Waals surface area contributed by atoms with Gasteiger partial charge in [-0.2, -0.15) is 0 Å². The van der Waals surface area contributed by atoms with Crippen LogP contribution in [0.2, 0.25) is 5.15 Å². The second-order valence-corrected chi connectivity index (χ2v) is 5.71. The van der Waals surface area contributed by atoms with Crippen LogP contribution >= 0.6 is 11.6 Å². The lowest BCUT2D eigenvalue weighted by Crippen LogP contribution is -2.38. The van der Waals surface area contributed by atoms with Crippen molar-refractivity contribution in [2.75, 3.05) is 6.61 Å². The number of hydrogen-bond donors (Lipinski definition) is 2. The van der Waals surface area contributed by atoms with E-state index in [1.54, 1.807) is 0 Å². The number of pyridine rings is 1. The fourth-order valence-electron chi connectivity index (χ4n) is 2.63. The van der Waals surface area contributed by atoms with Gasteiger partial charge < -0.3 is 15.0 Å². The highest BCUT2D eigenvalue weighted by Crippen LogP contribution is 2.35. The van der Waals surface area contributed by atoms with Crippen LogP contribution in [0, 0.1) is 0 Å². The van der Waals surface area contributed by atoms with Gasteiger partial charge in [-0.15, -0.1) is 0 Å². The molecule has 22 heavy (non-hydrogen) atoms. The maximum absolute atomic E-state index is 12.3. The number of benzene rings is 1. The highest BCUT2D eigenvalue weighted by atomic mass is 35.5. The molecule has 2 heterocycles. The molecule has 0 aliphatic carbocycles. The topological polar surface area (TPSA) is 71.2 Å². The SMILES string of the molecule is C[C@@H](NC(=O)c1cc(Cl)[nH]c(=O)c1)[C@@H]1COc2ccccc21. The second kappa shape index (κ2) is 5.85. The Morgan fingerprint density at radius 2 is 2.18 bits per heavy atom. The molecule has 0 radical (unpaired) electrons. The van der Waals surface area contributed by atoms with Gasteiger partial charge in [0.2, 0.25) is 5.56 Å². The van der Waals surface area contributed by atoms with Crippen molar-refractivity contribution in [2.45, 2.75) is 18.9 Å². The number of halogens is 1. The summed E-state index contributed by atoms with van der Waals surface area (Å²) in [6.07, 6.45) is 0. The molecule has 2 aromatic rings. The van der Waals surface area contributed by atoms with Crippen LogP contribution in [-0.2, 0) is 0 Å². The van der Waals surface area contributed by atoms with E-state index in [0.717, 1.165) is 11.3 Å². The van der Waals surface area contributed by atoms with Gasteiger partial charge in [0.05, 0.1) is 6.61 Å². The predicted molar refractivity (Wildman–Crippen MR) is 83.7 cm³/mol. The molecule has 5 nitrogen and oxygen atoms in total. The number of nitrogens with one attached hydrogen (secondary N) is 2. The number of aromatic nitrogens is 1. The molecule has 1 aliphatic heterocycles. The number of aromatic amines is 1.